The smallest absolute Gasteiger partial charge is 0.243 e. The number of aromatic nitrogens is 1. The monoisotopic (exact) mass is 292 g/mol. The van der Waals surface area contributed by atoms with Gasteiger partial charge in [-0.2, -0.15) is 5.26 Å². The number of nitrogens with zero attached hydrogens (tertiary/aromatic N) is 3. The average molecular weight is 292 g/mol. The zero-order valence-corrected chi connectivity index (χ0v) is 11.8. The molecule has 0 radical (unpaired) electrons. The van der Waals surface area contributed by atoms with E-state index in [-0.39, 0.29) is 16.6 Å². The molecular formula is C13H16N4O2S. The molecule has 0 aromatic carbocycles. The van der Waals surface area contributed by atoms with Crippen molar-refractivity contribution in [3.05, 3.63) is 24.0 Å². The fourth-order valence-corrected chi connectivity index (χ4v) is 4.59. The minimum atomic E-state index is -3.69. The lowest BCUT2D eigenvalue weighted by Crippen LogP contribution is -2.42. The summed E-state index contributed by atoms with van der Waals surface area (Å²) in [7, 11) is -3.69. The number of hydrogen-bond acceptors (Lipinski definition) is 5. The molecule has 0 saturated carbocycles. The molecule has 2 unspecified atom stereocenters. The molecule has 2 aliphatic rings. The third-order valence-electron chi connectivity index (χ3n) is 4.08. The summed E-state index contributed by atoms with van der Waals surface area (Å²) < 4.78 is 27.6. The van der Waals surface area contributed by atoms with E-state index in [1.807, 2.05) is 6.07 Å². The lowest BCUT2D eigenvalue weighted by molar-refractivity contribution is 0.309. The molecule has 1 aromatic heterocycles. The first-order chi connectivity index (χ1) is 9.62. The van der Waals surface area contributed by atoms with Crippen LogP contribution in [0.5, 0.6) is 0 Å². The van der Waals surface area contributed by atoms with Crippen LogP contribution in [0.4, 0.5) is 0 Å². The van der Waals surface area contributed by atoms with Gasteiger partial charge in [0.1, 0.15) is 11.0 Å². The Morgan fingerprint density at radius 3 is 3.05 bits per heavy atom. The Morgan fingerprint density at radius 1 is 1.40 bits per heavy atom. The predicted octanol–water partition coefficient (Wildman–Crippen LogP) is 0.468. The van der Waals surface area contributed by atoms with Crippen molar-refractivity contribution in [2.24, 2.45) is 0 Å². The van der Waals surface area contributed by atoms with Gasteiger partial charge in [0.15, 0.2) is 5.69 Å². The summed E-state index contributed by atoms with van der Waals surface area (Å²) in [6.07, 6.45) is 4.41. The maximum absolute atomic E-state index is 12.4. The van der Waals surface area contributed by atoms with Gasteiger partial charge in [0.05, 0.1) is 0 Å². The lowest BCUT2D eigenvalue weighted by atomic mass is 10.1. The molecule has 0 aliphatic carbocycles. The summed E-state index contributed by atoms with van der Waals surface area (Å²) >= 11 is 0. The van der Waals surface area contributed by atoms with Crippen LogP contribution in [0.25, 0.3) is 0 Å². The molecule has 20 heavy (non-hydrogen) atoms. The first kappa shape index (κ1) is 13.5. The number of hydrogen-bond donors (Lipinski definition) is 1. The van der Waals surface area contributed by atoms with Gasteiger partial charge in [0, 0.05) is 24.8 Å². The minimum Gasteiger partial charge on any atom is -0.299 e. The van der Waals surface area contributed by atoms with Gasteiger partial charge in [0.25, 0.3) is 0 Å². The van der Waals surface area contributed by atoms with Crippen LogP contribution in [-0.2, 0) is 10.0 Å². The Morgan fingerprint density at radius 2 is 2.25 bits per heavy atom. The molecule has 2 fully saturated rings. The van der Waals surface area contributed by atoms with Gasteiger partial charge in [-0.3, -0.25) is 4.90 Å². The van der Waals surface area contributed by atoms with Crippen LogP contribution in [0.3, 0.4) is 0 Å². The maximum Gasteiger partial charge on any atom is 0.243 e. The van der Waals surface area contributed by atoms with Crippen LogP contribution in [0, 0.1) is 11.3 Å². The van der Waals surface area contributed by atoms with Crippen LogP contribution >= 0.6 is 0 Å². The topological polar surface area (TPSA) is 86.1 Å². The van der Waals surface area contributed by atoms with Gasteiger partial charge in [-0.05, 0) is 37.9 Å². The van der Waals surface area contributed by atoms with E-state index in [1.165, 1.54) is 18.3 Å². The first-order valence-electron chi connectivity index (χ1n) is 6.73. The van der Waals surface area contributed by atoms with E-state index < -0.39 is 10.0 Å². The third kappa shape index (κ3) is 2.30. The molecule has 6 nitrogen and oxygen atoms in total. The second-order valence-electron chi connectivity index (χ2n) is 5.22. The Kier molecular flexibility index (Phi) is 3.46. The Labute approximate surface area is 118 Å². The van der Waals surface area contributed by atoms with Gasteiger partial charge >= 0.3 is 0 Å². The van der Waals surface area contributed by atoms with E-state index in [9.17, 15) is 8.42 Å². The van der Waals surface area contributed by atoms with E-state index in [1.54, 1.807) is 0 Å². The van der Waals surface area contributed by atoms with E-state index >= 15 is 0 Å². The molecule has 0 spiro atoms. The van der Waals surface area contributed by atoms with E-state index in [2.05, 4.69) is 14.6 Å². The van der Waals surface area contributed by atoms with Gasteiger partial charge in [0.2, 0.25) is 10.0 Å². The summed E-state index contributed by atoms with van der Waals surface area (Å²) in [5.41, 5.74) is -0.0544. The molecule has 3 heterocycles. The summed E-state index contributed by atoms with van der Waals surface area (Å²) in [4.78, 5) is 6.12. The molecule has 2 aliphatic heterocycles. The lowest BCUT2D eigenvalue weighted by Gasteiger charge is -2.21. The maximum atomic E-state index is 12.4. The SMILES string of the molecule is N#Cc1ncccc1S(=O)(=O)NC1CCN2CCCC12. The summed E-state index contributed by atoms with van der Waals surface area (Å²) in [6.45, 7) is 2.00. The normalized spacial score (nSPS) is 26.4. The predicted molar refractivity (Wildman–Crippen MR) is 72.3 cm³/mol. The molecule has 106 valence electrons. The summed E-state index contributed by atoms with van der Waals surface area (Å²) in [5.74, 6) is 0. The zero-order valence-electron chi connectivity index (χ0n) is 11.0. The highest BCUT2D eigenvalue weighted by molar-refractivity contribution is 7.89. The molecule has 0 amide bonds. The van der Waals surface area contributed by atoms with Crippen molar-refractivity contribution >= 4 is 10.0 Å². The highest BCUT2D eigenvalue weighted by Gasteiger charge is 2.39. The summed E-state index contributed by atoms with van der Waals surface area (Å²) in [6, 6.07) is 5.03. The van der Waals surface area contributed by atoms with Crippen LogP contribution < -0.4 is 4.72 Å². The van der Waals surface area contributed by atoms with E-state index in [0.29, 0.717) is 6.04 Å². The standard InChI is InChI=1S/C13H16N4O2S/c14-9-11-13(4-1-6-15-11)20(18,19)16-10-5-8-17-7-2-3-12(10)17/h1,4,6,10,12,16H,2-3,5,7-8H2. The first-order valence-corrected chi connectivity index (χ1v) is 8.21. The van der Waals surface area contributed by atoms with Gasteiger partial charge < -0.3 is 0 Å². The Hall–Kier alpha value is -1.49. The van der Waals surface area contributed by atoms with Crippen molar-refractivity contribution in [3.63, 3.8) is 0 Å². The average Bonchev–Trinajstić information content (AvgIpc) is 3.04. The number of nitrogens with one attached hydrogen (secondary N) is 1. The van der Waals surface area contributed by atoms with E-state index in [4.69, 9.17) is 5.26 Å². The Balaban J connectivity index is 1.84. The third-order valence-corrected chi connectivity index (χ3v) is 5.60. The van der Waals surface area contributed by atoms with Crippen LogP contribution in [0.2, 0.25) is 0 Å². The number of sulfonamides is 1. The Bertz CT molecular complexity index is 653. The molecule has 1 N–H and O–H groups in total. The zero-order chi connectivity index (χ0) is 14.2. The fraction of sp³-hybridized carbons (Fsp3) is 0.538. The highest BCUT2D eigenvalue weighted by atomic mass is 32.2. The van der Waals surface area contributed by atoms with Gasteiger partial charge in [-0.25, -0.2) is 18.1 Å². The van der Waals surface area contributed by atoms with Crippen molar-refractivity contribution in [2.45, 2.75) is 36.2 Å². The van der Waals surface area contributed by atoms with Crippen LogP contribution in [-0.4, -0.2) is 43.5 Å². The second-order valence-corrected chi connectivity index (χ2v) is 6.91. The fourth-order valence-electron chi connectivity index (χ4n) is 3.17. The number of pyridine rings is 1. The highest BCUT2D eigenvalue weighted by Crippen LogP contribution is 2.29. The minimum absolute atomic E-state index is 0.0288. The van der Waals surface area contributed by atoms with Crippen LogP contribution in [0.1, 0.15) is 25.0 Å². The molecule has 2 atom stereocenters. The van der Waals surface area contributed by atoms with Crippen molar-refractivity contribution in [1.29, 1.82) is 5.26 Å². The van der Waals surface area contributed by atoms with E-state index in [0.717, 1.165) is 32.4 Å². The van der Waals surface area contributed by atoms with Crippen LogP contribution in [0.15, 0.2) is 23.2 Å². The van der Waals surface area contributed by atoms with Crippen molar-refractivity contribution in [1.82, 2.24) is 14.6 Å². The largest absolute Gasteiger partial charge is 0.299 e. The molecule has 3 rings (SSSR count). The van der Waals surface area contributed by atoms with Crippen molar-refractivity contribution < 1.29 is 8.42 Å². The molecule has 0 bridgehead atoms. The summed E-state index contributed by atoms with van der Waals surface area (Å²) in [5, 5.41) is 8.98. The van der Waals surface area contributed by atoms with Crippen molar-refractivity contribution in [3.8, 4) is 6.07 Å². The van der Waals surface area contributed by atoms with Crippen molar-refractivity contribution in [2.75, 3.05) is 13.1 Å². The van der Waals surface area contributed by atoms with Gasteiger partial charge in [-0.15, -0.1) is 0 Å². The number of fused-ring (bicyclic) bond motifs is 1. The molecule has 7 heteroatoms. The molecule has 2 saturated heterocycles. The second kappa shape index (κ2) is 5.13. The number of nitriles is 1. The quantitative estimate of drug-likeness (QED) is 0.875. The molecule has 1 aromatic rings. The molecular weight excluding hydrogens is 276 g/mol. The van der Waals surface area contributed by atoms with Gasteiger partial charge in [-0.1, -0.05) is 0 Å². The number of rotatable bonds is 3.